The van der Waals surface area contributed by atoms with E-state index in [2.05, 4.69) is 69.6 Å². The van der Waals surface area contributed by atoms with Crippen molar-refractivity contribution in [2.45, 2.75) is 156 Å². The highest BCUT2D eigenvalue weighted by Crippen LogP contribution is 2.11. The number of hydrogen-bond donors (Lipinski definition) is 0. The van der Waals surface area contributed by atoms with E-state index in [1.54, 1.807) is 0 Å². The second kappa shape index (κ2) is 23.2. The van der Waals surface area contributed by atoms with Gasteiger partial charge in [-0.3, -0.25) is 0 Å². The minimum absolute atomic E-state index is 0.580. The Bertz CT molecular complexity index is 709. The zero-order valence-electron chi connectivity index (χ0n) is 25.0. The molecule has 0 aliphatic carbocycles. The largest absolute Gasteiger partial charge is 0.339 e. The molecule has 0 aliphatic rings. The van der Waals surface area contributed by atoms with Crippen molar-refractivity contribution in [3.05, 3.63) is 37.4 Å². The molecule has 0 saturated carbocycles. The first kappa shape index (κ1) is 32.6. The summed E-state index contributed by atoms with van der Waals surface area (Å²) in [7, 11) is 0. The lowest BCUT2D eigenvalue weighted by molar-refractivity contribution is -0.737. The van der Waals surface area contributed by atoms with Gasteiger partial charge >= 0.3 is 0 Å². The predicted molar refractivity (Wildman–Crippen MR) is 156 cm³/mol. The van der Waals surface area contributed by atoms with Gasteiger partial charge in [-0.05, 0) is 25.7 Å². The summed E-state index contributed by atoms with van der Waals surface area (Å²) in [6.07, 6.45) is 37.5. The van der Waals surface area contributed by atoms with E-state index in [-0.39, 0.29) is 0 Å². The standard InChI is InChI=1S/C32H60N4O2/c1-3-5-7-9-11-13-15-17-19-21-33-23-25-35(29-33)31-37-27-28-38-32-36-26-24-34(30-36)22-20-18-16-14-12-10-8-6-4-2/h23-26,29-30H,3-22,27-28,31-32H2,1-2H3/q+2. The Morgan fingerprint density at radius 2 is 0.816 bits per heavy atom. The number of aromatic nitrogens is 4. The third-order valence-electron chi connectivity index (χ3n) is 7.38. The minimum atomic E-state index is 0.580. The normalized spacial score (nSPS) is 11.5. The van der Waals surface area contributed by atoms with Gasteiger partial charge < -0.3 is 9.47 Å². The van der Waals surface area contributed by atoms with Crippen molar-refractivity contribution in [2.24, 2.45) is 0 Å². The van der Waals surface area contributed by atoms with E-state index in [1.165, 1.54) is 116 Å². The van der Waals surface area contributed by atoms with Crippen LogP contribution in [0.4, 0.5) is 0 Å². The molecule has 0 atom stereocenters. The fourth-order valence-corrected chi connectivity index (χ4v) is 4.96. The topological polar surface area (TPSA) is 36.1 Å². The van der Waals surface area contributed by atoms with Crippen LogP contribution in [0.15, 0.2) is 37.4 Å². The summed E-state index contributed by atoms with van der Waals surface area (Å²) in [4.78, 5) is 0. The molecule has 2 aromatic rings. The number of unbranched alkanes of at least 4 members (excludes halogenated alkanes) is 16. The van der Waals surface area contributed by atoms with E-state index >= 15 is 0 Å². The van der Waals surface area contributed by atoms with Crippen molar-refractivity contribution in [2.75, 3.05) is 13.2 Å². The Morgan fingerprint density at radius 3 is 1.18 bits per heavy atom. The van der Waals surface area contributed by atoms with Gasteiger partial charge in [0.2, 0.25) is 12.7 Å². The van der Waals surface area contributed by atoms with Gasteiger partial charge in [-0.25, -0.2) is 18.3 Å². The van der Waals surface area contributed by atoms with Crippen molar-refractivity contribution >= 4 is 0 Å². The van der Waals surface area contributed by atoms with Crippen molar-refractivity contribution in [1.82, 2.24) is 9.13 Å². The second-order valence-electron chi connectivity index (χ2n) is 11.1. The predicted octanol–water partition coefficient (Wildman–Crippen LogP) is 7.57. The van der Waals surface area contributed by atoms with Crippen LogP contribution >= 0.6 is 0 Å². The molecule has 6 nitrogen and oxygen atoms in total. The van der Waals surface area contributed by atoms with Gasteiger partial charge in [0, 0.05) is 0 Å². The maximum atomic E-state index is 5.80. The van der Waals surface area contributed by atoms with E-state index in [0.29, 0.717) is 26.7 Å². The average Bonchev–Trinajstić information content (AvgIpc) is 3.58. The van der Waals surface area contributed by atoms with Crippen LogP contribution in [0.5, 0.6) is 0 Å². The first-order valence-electron chi connectivity index (χ1n) is 16.1. The van der Waals surface area contributed by atoms with Gasteiger partial charge in [0.05, 0.1) is 26.3 Å². The van der Waals surface area contributed by atoms with E-state index < -0.39 is 0 Å². The summed E-state index contributed by atoms with van der Waals surface area (Å²) >= 11 is 0. The average molecular weight is 533 g/mol. The molecule has 6 heteroatoms. The summed E-state index contributed by atoms with van der Waals surface area (Å²) in [5.41, 5.74) is 0. The molecule has 0 amide bonds. The van der Waals surface area contributed by atoms with Crippen molar-refractivity contribution in [1.29, 1.82) is 0 Å². The molecule has 0 bridgehead atoms. The maximum Gasteiger partial charge on any atom is 0.245 e. The van der Waals surface area contributed by atoms with Crippen LogP contribution in [0.2, 0.25) is 0 Å². The highest BCUT2D eigenvalue weighted by molar-refractivity contribution is 4.66. The van der Waals surface area contributed by atoms with Gasteiger partial charge in [0.1, 0.15) is 24.8 Å². The molecule has 38 heavy (non-hydrogen) atoms. The molecular formula is C32H60N4O2+2. The van der Waals surface area contributed by atoms with Crippen LogP contribution in [0, 0.1) is 0 Å². The molecule has 0 fully saturated rings. The third-order valence-corrected chi connectivity index (χ3v) is 7.38. The van der Waals surface area contributed by atoms with Gasteiger partial charge in [-0.15, -0.1) is 0 Å². The van der Waals surface area contributed by atoms with Gasteiger partial charge in [-0.1, -0.05) is 104 Å². The monoisotopic (exact) mass is 532 g/mol. The Kier molecular flexibility index (Phi) is 19.9. The van der Waals surface area contributed by atoms with Crippen LogP contribution in [0.3, 0.4) is 0 Å². The second-order valence-corrected chi connectivity index (χ2v) is 11.1. The summed E-state index contributed by atoms with van der Waals surface area (Å²) in [6, 6.07) is 0. The van der Waals surface area contributed by atoms with Gasteiger partial charge in [0.25, 0.3) is 0 Å². The number of imidazole rings is 2. The molecule has 0 saturated heterocycles. The molecule has 2 heterocycles. The minimum Gasteiger partial charge on any atom is -0.339 e. The van der Waals surface area contributed by atoms with E-state index in [9.17, 15) is 0 Å². The van der Waals surface area contributed by atoms with Gasteiger partial charge in [-0.2, -0.15) is 0 Å². The van der Waals surface area contributed by atoms with Gasteiger partial charge in [0.15, 0.2) is 13.5 Å². The number of nitrogens with zero attached hydrogens (tertiary/aromatic N) is 4. The Labute approximate surface area is 234 Å². The summed E-state index contributed by atoms with van der Waals surface area (Å²) < 4.78 is 20.4. The zero-order valence-corrected chi connectivity index (χ0v) is 25.0. The lowest BCUT2D eigenvalue weighted by Crippen LogP contribution is -2.35. The van der Waals surface area contributed by atoms with Crippen LogP contribution in [0.25, 0.3) is 0 Å². The van der Waals surface area contributed by atoms with Crippen LogP contribution in [-0.2, 0) is 36.0 Å². The lowest BCUT2D eigenvalue weighted by atomic mass is 10.1. The molecule has 0 spiro atoms. The number of hydrogen-bond acceptors (Lipinski definition) is 2. The lowest BCUT2D eigenvalue weighted by Gasteiger charge is -2.03. The maximum absolute atomic E-state index is 5.80. The Balaban J connectivity index is 1.40. The van der Waals surface area contributed by atoms with Crippen molar-refractivity contribution in [3.8, 4) is 0 Å². The number of rotatable bonds is 27. The molecule has 218 valence electrons. The molecule has 0 aromatic carbocycles. The SMILES string of the molecule is CCCCCCCCCCCn1cc[n+](COCCOC[n+]2ccn(CCCCCCCCCCC)c2)c1. The molecule has 0 unspecified atom stereocenters. The highest BCUT2D eigenvalue weighted by Gasteiger charge is 2.05. The zero-order chi connectivity index (χ0) is 26.9. The van der Waals surface area contributed by atoms with E-state index in [4.69, 9.17) is 9.47 Å². The van der Waals surface area contributed by atoms with Crippen LogP contribution in [0.1, 0.15) is 129 Å². The summed E-state index contributed by atoms with van der Waals surface area (Å²) in [5, 5.41) is 0. The number of ether oxygens (including phenoxy) is 2. The smallest absolute Gasteiger partial charge is 0.245 e. The fourth-order valence-electron chi connectivity index (χ4n) is 4.96. The highest BCUT2D eigenvalue weighted by atomic mass is 16.5. The Hall–Kier alpha value is -1.66. The molecule has 0 radical (unpaired) electrons. The molecule has 0 aliphatic heterocycles. The third kappa shape index (κ3) is 17.0. The van der Waals surface area contributed by atoms with Crippen LogP contribution in [-0.4, -0.2) is 22.3 Å². The van der Waals surface area contributed by atoms with Crippen molar-refractivity contribution < 1.29 is 18.6 Å². The molecule has 2 rings (SSSR count). The Morgan fingerprint density at radius 1 is 0.474 bits per heavy atom. The molecule has 0 N–H and O–H groups in total. The first-order chi connectivity index (χ1) is 18.8. The molecule has 2 aromatic heterocycles. The van der Waals surface area contributed by atoms with E-state index in [1.807, 2.05) is 0 Å². The molecular weight excluding hydrogens is 472 g/mol. The van der Waals surface area contributed by atoms with Crippen molar-refractivity contribution in [3.63, 3.8) is 0 Å². The van der Waals surface area contributed by atoms with E-state index in [0.717, 1.165) is 13.1 Å². The summed E-state index contributed by atoms with van der Waals surface area (Å²) in [5.74, 6) is 0. The quantitative estimate of drug-likeness (QED) is 0.0878. The van der Waals surface area contributed by atoms with Crippen LogP contribution < -0.4 is 9.13 Å². The first-order valence-corrected chi connectivity index (χ1v) is 16.1. The fraction of sp³-hybridized carbons (Fsp3) is 0.812. The summed E-state index contributed by atoms with van der Waals surface area (Å²) in [6.45, 7) is 9.14. The number of aryl methyl sites for hydroxylation is 2.